The first kappa shape index (κ1) is 18.2. The first-order chi connectivity index (χ1) is 11.3. The highest BCUT2D eigenvalue weighted by Gasteiger charge is 2.29. The molecular formula is C19H24N2O2S. The van der Waals surface area contributed by atoms with E-state index in [0.717, 1.165) is 4.88 Å². The second kappa shape index (κ2) is 7.62. The first-order valence-corrected chi connectivity index (χ1v) is 8.82. The molecule has 24 heavy (non-hydrogen) atoms. The molecule has 4 nitrogen and oxygen atoms in total. The average molecular weight is 344 g/mol. The molecule has 1 heterocycles. The molecule has 1 aromatic heterocycles. The zero-order chi connectivity index (χ0) is 17.7. The lowest BCUT2D eigenvalue weighted by molar-refractivity contribution is -0.119. The molecule has 0 aliphatic rings. The van der Waals surface area contributed by atoms with Gasteiger partial charge in [0.1, 0.15) is 0 Å². The quantitative estimate of drug-likeness (QED) is 0.843. The summed E-state index contributed by atoms with van der Waals surface area (Å²) in [6, 6.07) is 13.8. The Kier molecular flexibility index (Phi) is 5.78. The number of thiophene rings is 1. The van der Waals surface area contributed by atoms with Gasteiger partial charge in [-0.1, -0.05) is 44.2 Å². The molecule has 2 amide bonds. The molecule has 0 radical (unpaired) electrons. The predicted octanol–water partition coefficient (Wildman–Crippen LogP) is 3.48. The topological polar surface area (TPSA) is 58.2 Å². The molecule has 2 aromatic rings. The zero-order valence-corrected chi connectivity index (χ0v) is 15.4. The smallest absolute Gasteiger partial charge is 0.261 e. The predicted molar refractivity (Wildman–Crippen MR) is 98.2 cm³/mol. The third-order valence-electron chi connectivity index (χ3n) is 4.34. The fraction of sp³-hybridized carbons (Fsp3) is 0.368. The Morgan fingerprint density at radius 2 is 1.79 bits per heavy atom. The summed E-state index contributed by atoms with van der Waals surface area (Å²) in [6.07, 6.45) is 0. The van der Waals surface area contributed by atoms with Crippen LogP contribution in [-0.4, -0.2) is 17.9 Å². The van der Waals surface area contributed by atoms with Crippen LogP contribution in [0.25, 0.3) is 0 Å². The number of hydrogen-bond donors (Lipinski definition) is 2. The van der Waals surface area contributed by atoms with E-state index in [-0.39, 0.29) is 23.3 Å². The van der Waals surface area contributed by atoms with E-state index < -0.39 is 0 Å². The van der Waals surface area contributed by atoms with Crippen molar-refractivity contribution in [1.82, 2.24) is 10.6 Å². The Bertz CT molecular complexity index is 707. The summed E-state index contributed by atoms with van der Waals surface area (Å²) in [5, 5.41) is 5.84. The molecular weight excluding hydrogens is 320 g/mol. The van der Waals surface area contributed by atoms with Crippen LogP contribution in [0.4, 0.5) is 0 Å². The van der Waals surface area contributed by atoms with Crippen LogP contribution in [0.1, 0.15) is 47.8 Å². The van der Waals surface area contributed by atoms with Gasteiger partial charge in [0.2, 0.25) is 5.91 Å². The Hall–Kier alpha value is -2.14. The van der Waals surface area contributed by atoms with E-state index in [1.807, 2.05) is 31.2 Å². The average Bonchev–Trinajstić information content (AvgIpc) is 3.02. The fourth-order valence-electron chi connectivity index (χ4n) is 2.37. The monoisotopic (exact) mass is 344 g/mol. The van der Waals surface area contributed by atoms with Crippen molar-refractivity contribution < 1.29 is 9.59 Å². The van der Waals surface area contributed by atoms with E-state index >= 15 is 0 Å². The van der Waals surface area contributed by atoms with Crippen LogP contribution in [0.5, 0.6) is 0 Å². The highest BCUT2D eigenvalue weighted by atomic mass is 32.1. The molecule has 0 bridgehead atoms. The van der Waals surface area contributed by atoms with Gasteiger partial charge >= 0.3 is 0 Å². The third-order valence-corrected chi connectivity index (χ3v) is 5.43. The second-order valence-corrected chi connectivity index (χ2v) is 7.63. The van der Waals surface area contributed by atoms with Gasteiger partial charge in [-0.25, -0.2) is 0 Å². The van der Waals surface area contributed by atoms with E-state index in [1.165, 1.54) is 23.8 Å². The standard InChI is InChI=1S/C19H24N2O2S/c1-13(19(3,4)15-8-6-5-7-9-15)21-18(23)17-11-10-16(24-17)12-20-14(2)22/h5-11,13H,12H2,1-4H3,(H,20,22)(H,21,23)/t13-/m0/s1. The summed E-state index contributed by atoms with van der Waals surface area (Å²) in [6.45, 7) is 8.22. The molecule has 1 aromatic carbocycles. The molecule has 2 N–H and O–H groups in total. The molecule has 1 atom stereocenters. The van der Waals surface area contributed by atoms with Gasteiger partial charge in [-0.15, -0.1) is 11.3 Å². The van der Waals surface area contributed by atoms with Gasteiger partial charge in [0, 0.05) is 23.3 Å². The number of rotatable bonds is 6. The molecule has 0 saturated carbocycles. The molecule has 0 aliphatic carbocycles. The van der Waals surface area contributed by atoms with Crippen LogP contribution in [0.2, 0.25) is 0 Å². The van der Waals surface area contributed by atoms with Crippen LogP contribution >= 0.6 is 11.3 Å². The van der Waals surface area contributed by atoms with Crippen LogP contribution in [0, 0.1) is 0 Å². The van der Waals surface area contributed by atoms with Gasteiger partial charge in [0.05, 0.1) is 11.4 Å². The Balaban J connectivity index is 2.02. The van der Waals surface area contributed by atoms with E-state index in [4.69, 9.17) is 0 Å². The molecule has 0 spiro atoms. The van der Waals surface area contributed by atoms with Crippen molar-refractivity contribution in [2.75, 3.05) is 0 Å². The van der Waals surface area contributed by atoms with Gasteiger partial charge in [0.15, 0.2) is 0 Å². The van der Waals surface area contributed by atoms with Crippen molar-refractivity contribution in [2.45, 2.75) is 45.7 Å². The maximum absolute atomic E-state index is 12.5. The molecule has 0 unspecified atom stereocenters. The van der Waals surface area contributed by atoms with Crippen molar-refractivity contribution in [3.8, 4) is 0 Å². The van der Waals surface area contributed by atoms with Gasteiger partial charge < -0.3 is 10.6 Å². The van der Waals surface area contributed by atoms with Gasteiger partial charge in [-0.05, 0) is 24.6 Å². The molecule has 5 heteroatoms. The Morgan fingerprint density at radius 3 is 2.42 bits per heavy atom. The highest BCUT2D eigenvalue weighted by molar-refractivity contribution is 7.14. The number of amides is 2. The summed E-state index contributed by atoms with van der Waals surface area (Å²) >= 11 is 1.40. The first-order valence-electron chi connectivity index (χ1n) is 8.00. The SMILES string of the molecule is CC(=O)NCc1ccc(C(=O)N[C@@H](C)C(C)(C)c2ccccc2)s1. The van der Waals surface area contributed by atoms with Gasteiger partial charge in [-0.3, -0.25) is 9.59 Å². The van der Waals surface area contributed by atoms with Crippen molar-refractivity contribution in [3.05, 3.63) is 57.8 Å². The third kappa shape index (κ3) is 4.45. The van der Waals surface area contributed by atoms with E-state index in [1.54, 1.807) is 6.07 Å². The number of benzene rings is 1. The van der Waals surface area contributed by atoms with Crippen LogP contribution < -0.4 is 10.6 Å². The molecule has 0 aliphatic heterocycles. The van der Waals surface area contributed by atoms with Gasteiger partial charge in [-0.2, -0.15) is 0 Å². The minimum atomic E-state index is -0.173. The Morgan fingerprint density at radius 1 is 1.12 bits per heavy atom. The summed E-state index contributed by atoms with van der Waals surface area (Å²) in [5.74, 6) is -0.154. The number of carbonyl (C=O) groups excluding carboxylic acids is 2. The molecule has 2 rings (SSSR count). The van der Waals surface area contributed by atoms with Crippen molar-refractivity contribution in [3.63, 3.8) is 0 Å². The minimum Gasteiger partial charge on any atom is -0.351 e. The molecule has 0 fully saturated rings. The highest BCUT2D eigenvalue weighted by Crippen LogP contribution is 2.27. The van der Waals surface area contributed by atoms with Crippen LogP contribution in [0.3, 0.4) is 0 Å². The van der Waals surface area contributed by atoms with E-state index in [2.05, 4.69) is 36.6 Å². The maximum atomic E-state index is 12.5. The maximum Gasteiger partial charge on any atom is 0.261 e. The van der Waals surface area contributed by atoms with Crippen molar-refractivity contribution in [1.29, 1.82) is 0 Å². The van der Waals surface area contributed by atoms with E-state index in [0.29, 0.717) is 11.4 Å². The Labute approximate surface area is 147 Å². The lowest BCUT2D eigenvalue weighted by atomic mass is 9.78. The number of nitrogens with one attached hydrogen (secondary N) is 2. The summed E-state index contributed by atoms with van der Waals surface area (Å²) < 4.78 is 0. The molecule has 0 saturated heterocycles. The summed E-state index contributed by atoms with van der Waals surface area (Å²) in [4.78, 5) is 25.1. The molecule has 128 valence electrons. The summed E-state index contributed by atoms with van der Waals surface area (Å²) in [5.41, 5.74) is 1.02. The second-order valence-electron chi connectivity index (χ2n) is 6.46. The van der Waals surface area contributed by atoms with Crippen molar-refractivity contribution >= 4 is 23.2 Å². The zero-order valence-electron chi connectivity index (χ0n) is 14.6. The minimum absolute atomic E-state index is 0.0201. The van der Waals surface area contributed by atoms with Gasteiger partial charge in [0.25, 0.3) is 5.91 Å². The van der Waals surface area contributed by atoms with Crippen LogP contribution in [0.15, 0.2) is 42.5 Å². The number of carbonyl (C=O) groups is 2. The lowest BCUT2D eigenvalue weighted by Gasteiger charge is -2.33. The summed E-state index contributed by atoms with van der Waals surface area (Å²) in [7, 11) is 0. The number of hydrogen-bond acceptors (Lipinski definition) is 3. The van der Waals surface area contributed by atoms with Crippen LogP contribution in [-0.2, 0) is 16.8 Å². The lowest BCUT2D eigenvalue weighted by Crippen LogP contribution is -2.45. The normalized spacial score (nSPS) is 12.5. The largest absolute Gasteiger partial charge is 0.351 e. The fourth-order valence-corrected chi connectivity index (χ4v) is 3.22. The van der Waals surface area contributed by atoms with Crippen molar-refractivity contribution in [2.24, 2.45) is 0 Å². The van der Waals surface area contributed by atoms with E-state index in [9.17, 15) is 9.59 Å².